The van der Waals surface area contributed by atoms with Crippen molar-refractivity contribution in [2.75, 3.05) is 37.1 Å². The maximum Gasteiger partial charge on any atom is 0.127 e. The van der Waals surface area contributed by atoms with Crippen LogP contribution in [0, 0.1) is 0 Å². The van der Waals surface area contributed by atoms with Crippen LogP contribution >= 0.6 is 0 Å². The van der Waals surface area contributed by atoms with E-state index < -0.39 is 0 Å². The molecule has 0 bridgehead atoms. The van der Waals surface area contributed by atoms with Gasteiger partial charge < -0.3 is 19.3 Å². The third-order valence-electron chi connectivity index (χ3n) is 8.55. The molecular formula is C38H34N2O2. The first-order valence-electron chi connectivity index (χ1n) is 14.6. The molecular weight excluding hydrogens is 516 g/mol. The van der Waals surface area contributed by atoms with Crippen molar-refractivity contribution < 1.29 is 9.47 Å². The summed E-state index contributed by atoms with van der Waals surface area (Å²) in [5.41, 5.74) is 9.37. The normalized spacial score (nSPS) is 12.4. The van der Waals surface area contributed by atoms with Gasteiger partial charge in [-0.3, -0.25) is 0 Å². The van der Waals surface area contributed by atoms with Crippen LogP contribution in [0.1, 0.15) is 13.8 Å². The van der Waals surface area contributed by atoms with E-state index in [9.17, 15) is 0 Å². The Morgan fingerprint density at radius 2 is 0.905 bits per heavy atom. The van der Waals surface area contributed by atoms with Crippen LogP contribution in [-0.4, -0.2) is 27.3 Å². The van der Waals surface area contributed by atoms with Crippen molar-refractivity contribution in [3.05, 3.63) is 109 Å². The molecule has 1 aliphatic rings. The van der Waals surface area contributed by atoms with Gasteiger partial charge in [0.25, 0.3) is 0 Å². The predicted molar refractivity (Wildman–Crippen MR) is 177 cm³/mol. The quantitative estimate of drug-likeness (QED) is 0.206. The minimum Gasteiger partial charge on any atom is -0.496 e. The summed E-state index contributed by atoms with van der Waals surface area (Å²) >= 11 is 0. The zero-order chi connectivity index (χ0) is 28.8. The molecule has 1 aliphatic heterocycles. The minimum absolute atomic E-state index is 0.852. The molecule has 208 valence electrons. The van der Waals surface area contributed by atoms with E-state index in [0.717, 1.165) is 46.8 Å². The fourth-order valence-electron chi connectivity index (χ4n) is 6.63. The molecule has 7 rings (SSSR count). The van der Waals surface area contributed by atoms with E-state index in [2.05, 4.69) is 133 Å². The van der Waals surface area contributed by atoms with Crippen molar-refractivity contribution in [3.8, 4) is 33.8 Å². The van der Waals surface area contributed by atoms with Crippen LogP contribution in [0.2, 0.25) is 0 Å². The second kappa shape index (κ2) is 10.5. The van der Waals surface area contributed by atoms with Crippen molar-refractivity contribution in [1.82, 2.24) is 0 Å². The standard InChI is InChI=1S/C38H34N2O2/c1-5-39-31-19-15-28(38-30-14-10-8-12-26(30)18-22-36(38)42-4)24-34(31)40(6-2)32-20-16-27(23-33(32)39)37-29-13-9-7-11-25(29)17-21-35(37)41-3/h7-24H,5-6H2,1-4H3. The molecule has 0 atom stereocenters. The molecule has 0 unspecified atom stereocenters. The summed E-state index contributed by atoms with van der Waals surface area (Å²) in [6, 6.07) is 39.1. The van der Waals surface area contributed by atoms with Crippen LogP contribution < -0.4 is 19.3 Å². The van der Waals surface area contributed by atoms with Gasteiger partial charge >= 0.3 is 0 Å². The summed E-state index contributed by atoms with van der Waals surface area (Å²) in [7, 11) is 3.50. The Hall–Kier alpha value is -4.96. The van der Waals surface area contributed by atoms with Crippen LogP contribution in [-0.2, 0) is 0 Å². The summed E-state index contributed by atoms with van der Waals surface area (Å²) in [5, 5.41) is 4.79. The average molecular weight is 551 g/mol. The third-order valence-corrected chi connectivity index (χ3v) is 8.55. The van der Waals surface area contributed by atoms with Gasteiger partial charge in [0.2, 0.25) is 0 Å². The highest BCUT2D eigenvalue weighted by Crippen LogP contribution is 2.51. The number of nitrogens with zero attached hydrogens (tertiary/aromatic N) is 2. The van der Waals surface area contributed by atoms with Crippen LogP contribution in [0.5, 0.6) is 11.5 Å². The average Bonchev–Trinajstić information content (AvgIpc) is 3.05. The van der Waals surface area contributed by atoms with Gasteiger partial charge in [0.15, 0.2) is 0 Å². The van der Waals surface area contributed by atoms with Gasteiger partial charge in [-0.05, 0) is 82.9 Å². The van der Waals surface area contributed by atoms with Crippen LogP contribution in [0.4, 0.5) is 22.7 Å². The van der Waals surface area contributed by atoms with Gasteiger partial charge in [0.1, 0.15) is 11.5 Å². The van der Waals surface area contributed by atoms with Gasteiger partial charge in [-0.25, -0.2) is 0 Å². The van der Waals surface area contributed by atoms with Gasteiger partial charge in [0, 0.05) is 24.2 Å². The lowest BCUT2D eigenvalue weighted by atomic mass is 9.93. The van der Waals surface area contributed by atoms with Crippen molar-refractivity contribution in [3.63, 3.8) is 0 Å². The largest absolute Gasteiger partial charge is 0.496 e. The van der Waals surface area contributed by atoms with E-state index >= 15 is 0 Å². The molecule has 0 spiro atoms. The van der Waals surface area contributed by atoms with Crippen LogP contribution in [0.25, 0.3) is 43.8 Å². The van der Waals surface area contributed by atoms with Gasteiger partial charge in [-0.1, -0.05) is 72.8 Å². The number of hydrogen-bond donors (Lipinski definition) is 0. The Morgan fingerprint density at radius 1 is 0.476 bits per heavy atom. The highest BCUT2D eigenvalue weighted by molar-refractivity contribution is 6.04. The molecule has 0 aliphatic carbocycles. The monoisotopic (exact) mass is 550 g/mol. The lowest BCUT2D eigenvalue weighted by Crippen LogP contribution is -2.29. The fraction of sp³-hybridized carbons (Fsp3) is 0.158. The van der Waals surface area contributed by atoms with E-state index in [4.69, 9.17) is 9.47 Å². The molecule has 0 N–H and O–H groups in total. The maximum absolute atomic E-state index is 5.87. The molecule has 0 saturated heterocycles. The SMILES string of the molecule is CCN1c2ccc(-c3c(OC)ccc4ccccc34)cc2N(CC)c2ccc(-c3c(OC)ccc4ccccc34)cc21. The summed E-state index contributed by atoms with van der Waals surface area (Å²) < 4.78 is 11.7. The number of anilines is 4. The Balaban J connectivity index is 1.41. The molecule has 0 saturated carbocycles. The summed E-state index contributed by atoms with van der Waals surface area (Å²) in [4.78, 5) is 4.87. The number of methoxy groups -OCH3 is 2. The Labute approximate surface area is 247 Å². The molecule has 1 heterocycles. The van der Waals surface area contributed by atoms with Crippen molar-refractivity contribution in [2.24, 2.45) is 0 Å². The summed E-state index contributed by atoms with van der Waals surface area (Å²) in [6.07, 6.45) is 0. The minimum atomic E-state index is 0.852. The van der Waals surface area contributed by atoms with Crippen molar-refractivity contribution in [1.29, 1.82) is 0 Å². The summed E-state index contributed by atoms with van der Waals surface area (Å²) in [6.45, 7) is 6.15. The Kier molecular flexibility index (Phi) is 6.47. The summed E-state index contributed by atoms with van der Waals surface area (Å²) in [5.74, 6) is 1.77. The Morgan fingerprint density at radius 3 is 1.31 bits per heavy atom. The highest BCUT2D eigenvalue weighted by atomic mass is 16.5. The molecule has 4 heteroatoms. The second-order valence-corrected chi connectivity index (χ2v) is 10.6. The predicted octanol–water partition coefficient (Wildman–Crippen LogP) is 9.97. The number of fused-ring (bicyclic) bond motifs is 4. The first-order valence-corrected chi connectivity index (χ1v) is 14.6. The number of ether oxygens (including phenoxy) is 2. The lowest BCUT2D eigenvalue weighted by molar-refractivity contribution is 0.417. The van der Waals surface area contributed by atoms with E-state index in [-0.39, 0.29) is 0 Å². The number of rotatable bonds is 6. The van der Waals surface area contributed by atoms with E-state index in [1.807, 2.05) is 0 Å². The zero-order valence-electron chi connectivity index (χ0n) is 24.5. The lowest BCUT2D eigenvalue weighted by Gasteiger charge is -2.40. The van der Waals surface area contributed by atoms with E-state index in [0.29, 0.717) is 0 Å². The molecule has 4 nitrogen and oxygen atoms in total. The van der Waals surface area contributed by atoms with Crippen LogP contribution in [0.3, 0.4) is 0 Å². The first kappa shape index (κ1) is 26.0. The number of benzene rings is 6. The Bertz CT molecular complexity index is 1820. The van der Waals surface area contributed by atoms with E-state index in [1.54, 1.807) is 14.2 Å². The van der Waals surface area contributed by atoms with Gasteiger partial charge in [0.05, 0.1) is 37.0 Å². The van der Waals surface area contributed by atoms with Crippen LogP contribution in [0.15, 0.2) is 109 Å². The molecule has 6 aromatic rings. The van der Waals surface area contributed by atoms with E-state index in [1.165, 1.54) is 44.3 Å². The maximum atomic E-state index is 5.87. The van der Waals surface area contributed by atoms with Crippen molar-refractivity contribution >= 4 is 44.3 Å². The first-order chi connectivity index (χ1) is 20.7. The molecule has 0 fully saturated rings. The smallest absolute Gasteiger partial charge is 0.127 e. The molecule has 0 radical (unpaired) electrons. The topological polar surface area (TPSA) is 24.9 Å². The zero-order valence-corrected chi connectivity index (χ0v) is 24.5. The fourth-order valence-corrected chi connectivity index (χ4v) is 6.63. The van der Waals surface area contributed by atoms with Crippen molar-refractivity contribution in [2.45, 2.75) is 13.8 Å². The molecule has 0 aromatic heterocycles. The second-order valence-electron chi connectivity index (χ2n) is 10.6. The van der Waals surface area contributed by atoms with Gasteiger partial charge in [-0.2, -0.15) is 0 Å². The van der Waals surface area contributed by atoms with Gasteiger partial charge in [-0.15, -0.1) is 0 Å². The molecule has 42 heavy (non-hydrogen) atoms. The highest BCUT2D eigenvalue weighted by Gasteiger charge is 2.28. The molecule has 0 amide bonds. The number of hydrogen-bond acceptors (Lipinski definition) is 4. The third kappa shape index (κ3) is 3.98. The molecule has 6 aromatic carbocycles.